The Hall–Kier alpha value is -2.97. The van der Waals surface area contributed by atoms with Crippen LogP contribution in [0.1, 0.15) is 46.1 Å². The lowest BCUT2D eigenvalue weighted by Crippen LogP contribution is -2.59. The summed E-state index contributed by atoms with van der Waals surface area (Å²) in [6.45, 7) is 9.27. The van der Waals surface area contributed by atoms with E-state index in [1.54, 1.807) is 14.7 Å². The van der Waals surface area contributed by atoms with E-state index >= 15 is 0 Å². The van der Waals surface area contributed by atoms with Gasteiger partial charge < -0.3 is 24.5 Å². The summed E-state index contributed by atoms with van der Waals surface area (Å²) >= 11 is 0. The van der Waals surface area contributed by atoms with Gasteiger partial charge in [0.1, 0.15) is 11.6 Å². The molecule has 1 aromatic carbocycles. The number of benzene rings is 1. The highest BCUT2D eigenvalue weighted by molar-refractivity contribution is 6.00. The van der Waals surface area contributed by atoms with E-state index < -0.39 is 34.6 Å². The largest absolute Gasteiger partial charge is 0.396 e. The molecule has 5 rings (SSSR count). The molecule has 1 aromatic rings. The van der Waals surface area contributed by atoms with Gasteiger partial charge in [-0.3, -0.25) is 14.4 Å². The molecule has 38 heavy (non-hydrogen) atoms. The third-order valence-corrected chi connectivity index (χ3v) is 8.61. The van der Waals surface area contributed by atoms with Gasteiger partial charge >= 0.3 is 0 Å². The first-order chi connectivity index (χ1) is 18.1. The first kappa shape index (κ1) is 26.6. The van der Waals surface area contributed by atoms with Gasteiger partial charge in [-0.2, -0.15) is 0 Å². The van der Waals surface area contributed by atoms with Crippen LogP contribution in [0.15, 0.2) is 54.6 Å². The first-order valence-electron chi connectivity index (χ1n) is 13.7. The van der Waals surface area contributed by atoms with Crippen LogP contribution < -0.4 is 0 Å². The standard InChI is InChI=1S/C30H39N3O5/c1-5-29-14-9-16-31(20-21-12-7-6-8-13-21)25(35)22(29)23-26(36)32(17-11-19-34)24-27(37)33(28(2,3)4)18-10-15-30(23,24)38-29/h6-10,12-15,22-24,34H,5,11,16-20H2,1-4H3/t22-,23+,24?,29+,30+/m1/s1. The molecule has 0 aliphatic carbocycles. The Labute approximate surface area is 224 Å². The van der Waals surface area contributed by atoms with E-state index in [9.17, 15) is 19.5 Å². The number of carbonyl (C=O) groups is 3. The average molecular weight is 522 g/mol. The Morgan fingerprint density at radius 3 is 2.34 bits per heavy atom. The Kier molecular flexibility index (Phi) is 6.76. The summed E-state index contributed by atoms with van der Waals surface area (Å²) in [4.78, 5) is 48.0. The summed E-state index contributed by atoms with van der Waals surface area (Å²) in [7, 11) is 0. The first-order valence-corrected chi connectivity index (χ1v) is 13.7. The monoisotopic (exact) mass is 521 g/mol. The van der Waals surface area contributed by atoms with Crippen molar-refractivity contribution in [1.29, 1.82) is 0 Å². The van der Waals surface area contributed by atoms with E-state index in [4.69, 9.17) is 4.74 Å². The van der Waals surface area contributed by atoms with Gasteiger partial charge in [0, 0.05) is 38.3 Å². The van der Waals surface area contributed by atoms with Gasteiger partial charge in [-0.1, -0.05) is 61.6 Å². The highest BCUT2D eigenvalue weighted by atomic mass is 16.5. The number of rotatable bonds is 6. The summed E-state index contributed by atoms with van der Waals surface area (Å²) < 4.78 is 6.97. The number of amides is 3. The van der Waals surface area contributed by atoms with Crippen LogP contribution in [0.2, 0.25) is 0 Å². The molecule has 0 aromatic heterocycles. The zero-order valence-electron chi connectivity index (χ0n) is 22.8. The fourth-order valence-corrected chi connectivity index (χ4v) is 6.84. The highest BCUT2D eigenvalue weighted by Crippen LogP contribution is 2.58. The molecule has 8 heteroatoms. The number of hydrogen-bond donors (Lipinski definition) is 1. The summed E-state index contributed by atoms with van der Waals surface area (Å²) in [5, 5.41) is 9.59. The Bertz CT molecular complexity index is 1160. The van der Waals surface area contributed by atoms with E-state index in [-0.39, 0.29) is 30.9 Å². The number of nitrogens with zero attached hydrogens (tertiary/aromatic N) is 3. The van der Waals surface area contributed by atoms with Crippen molar-refractivity contribution in [2.24, 2.45) is 11.8 Å². The molecular weight excluding hydrogens is 482 g/mol. The highest BCUT2D eigenvalue weighted by Gasteiger charge is 2.75. The van der Waals surface area contributed by atoms with Gasteiger partial charge in [0.2, 0.25) is 17.7 Å². The number of ether oxygens (including phenoxy) is 1. The molecule has 4 aliphatic heterocycles. The van der Waals surface area contributed by atoms with Crippen LogP contribution in [-0.4, -0.2) is 86.6 Å². The third kappa shape index (κ3) is 4.00. The van der Waals surface area contributed by atoms with Crippen LogP contribution >= 0.6 is 0 Å². The molecular formula is C30H39N3O5. The van der Waals surface area contributed by atoms with Gasteiger partial charge in [0.05, 0.1) is 17.4 Å². The molecule has 1 N–H and O–H groups in total. The zero-order chi connectivity index (χ0) is 27.3. The topological polar surface area (TPSA) is 90.4 Å². The second-order valence-corrected chi connectivity index (χ2v) is 11.9. The van der Waals surface area contributed by atoms with Gasteiger partial charge in [-0.05, 0) is 39.2 Å². The van der Waals surface area contributed by atoms with E-state index in [1.165, 1.54) is 0 Å². The van der Waals surface area contributed by atoms with Crippen molar-refractivity contribution in [3.8, 4) is 0 Å². The second kappa shape index (κ2) is 9.65. The van der Waals surface area contributed by atoms with Gasteiger partial charge in [0.25, 0.3) is 0 Å². The molecule has 0 radical (unpaired) electrons. The zero-order valence-corrected chi connectivity index (χ0v) is 22.8. The molecule has 1 unspecified atom stereocenters. The Balaban J connectivity index is 1.62. The summed E-state index contributed by atoms with van der Waals surface area (Å²) in [5.41, 5.74) is -1.71. The SMILES string of the molecule is CC[C@]12C=CCN(Cc3ccccc3)C(=O)[C@H]1[C@H]1C(=O)N(CCCO)C3C(=O)N(C(C)(C)C)CC=C[C@@]31O2. The molecule has 204 valence electrons. The fourth-order valence-electron chi connectivity index (χ4n) is 6.84. The van der Waals surface area contributed by atoms with E-state index in [1.807, 2.05) is 82.3 Å². The minimum absolute atomic E-state index is 0.100. The number of aliphatic hydroxyl groups is 1. The lowest BCUT2D eigenvalue weighted by atomic mass is 9.73. The average Bonchev–Trinajstić information content (AvgIpc) is 3.17. The maximum absolute atomic E-state index is 14.3. The van der Waals surface area contributed by atoms with E-state index in [0.717, 1.165) is 5.56 Å². The predicted molar refractivity (Wildman–Crippen MR) is 143 cm³/mol. The molecule has 3 amide bonds. The summed E-state index contributed by atoms with van der Waals surface area (Å²) in [6.07, 6.45) is 8.57. The fraction of sp³-hybridized carbons (Fsp3) is 0.567. The predicted octanol–water partition coefficient (Wildman–Crippen LogP) is 2.53. The maximum Gasteiger partial charge on any atom is 0.249 e. The van der Waals surface area contributed by atoms with Gasteiger partial charge in [-0.25, -0.2) is 0 Å². The molecule has 4 aliphatic rings. The Morgan fingerprint density at radius 1 is 0.974 bits per heavy atom. The van der Waals surface area contributed by atoms with Crippen molar-refractivity contribution in [1.82, 2.24) is 14.7 Å². The van der Waals surface area contributed by atoms with E-state index in [0.29, 0.717) is 32.5 Å². The smallest absolute Gasteiger partial charge is 0.249 e. The molecule has 1 spiro atoms. The third-order valence-electron chi connectivity index (χ3n) is 8.61. The quantitative estimate of drug-likeness (QED) is 0.581. The lowest BCUT2D eigenvalue weighted by Gasteiger charge is -2.41. The normalized spacial score (nSPS) is 32.8. The molecule has 2 fully saturated rings. The molecule has 0 bridgehead atoms. The van der Waals surface area contributed by atoms with Gasteiger partial charge in [0.15, 0.2) is 0 Å². The lowest BCUT2D eigenvalue weighted by molar-refractivity contribution is -0.156. The van der Waals surface area contributed by atoms with Crippen LogP contribution in [0, 0.1) is 11.8 Å². The van der Waals surface area contributed by atoms with Crippen molar-refractivity contribution < 1.29 is 24.2 Å². The van der Waals surface area contributed by atoms with Crippen LogP contribution in [0.3, 0.4) is 0 Å². The number of aliphatic hydroxyl groups excluding tert-OH is 1. The minimum atomic E-state index is -1.26. The molecule has 2 saturated heterocycles. The van der Waals surface area contributed by atoms with Crippen molar-refractivity contribution in [2.75, 3.05) is 26.2 Å². The summed E-state index contributed by atoms with van der Waals surface area (Å²) in [6, 6.07) is 8.92. The molecule has 4 heterocycles. The molecule has 0 saturated carbocycles. The van der Waals surface area contributed by atoms with Crippen molar-refractivity contribution in [2.45, 2.75) is 69.9 Å². The summed E-state index contributed by atoms with van der Waals surface area (Å²) in [5.74, 6) is -2.16. The van der Waals surface area contributed by atoms with E-state index in [2.05, 4.69) is 0 Å². The van der Waals surface area contributed by atoms with Crippen molar-refractivity contribution in [3.05, 3.63) is 60.2 Å². The maximum atomic E-state index is 14.3. The molecule has 8 nitrogen and oxygen atoms in total. The number of carbonyl (C=O) groups excluding carboxylic acids is 3. The van der Waals surface area contributed by atoms with Gasteiger partial charge in [-0.15, -0.1) is 0 Å². The van der Waals surface area contributed by atoms with Crippen LogP contribution in [0.5, 0.6) is 0 Å². The number of fused-ring (bicyclic) bond motifs is 2. The van der Waals surface area contributed by atoms with Crippen LogP contribution in [0.4, 0.5) is 0 Å². The van der Waals surface area contributed by atoms with Crippen molar-refractivity contribution in [3.63, 3.8) is 0 Å². The number of likely N-dealkylation sites (tertiary alicyclic amines) is 1. The second-order valence-electron chi connectivity index (χ2n) is 11.9. The molecule has 5 atom stereocenters. The van der Waals surface area contributed by atoms with Crippen molar-refractivity contribution >= 4 is 17.7 Å². The number of hydrogen-bond acceptors (Lipinski definition) is 5. The minimum Gasteiger partial charge on any atom is -0.396 e. The Morgan fingerprint density at radius 2 is 1.68 bits per heavy atom. The van der Waals surface area contributed by atoms with Crippen LogP contribution in [-0.2, 0) is 25.7 Å². The van der Waals surface area contributed by atoms with Crippen LogP contribution in [0.25, 0.3) is 0 Å².